The van der Waals surface area contributed by atoms with Crippen molar-refractivity contribution in [2.24, 2.45) is 0 Å². The first kappa shape index (κ1) is 15.6. The lowest BCUT2D eigenvalue weighted by Crippen LogP contribution is -2.09. The predicted octanol–water partition coefficient (Wildman–Crippen LogP) is 3.58. The number of carboxylic acid groups (broad SMARTS) is 1. The topological polar surface area (TPSA) is 79.4 Å². The average Bonchev–Trinajstić information content (AvgIpc) is 3.02. The molecule has 3 rings (SSSR count). The highest BCUT2D eigenvalue weighted by atomic mass is 16.5. The number of hydrogen-bond donors (Lipinski definition) is 2. The summed E-state index contributed by atoms with van der Waals surface area (Å²) in [4.78, 5) is 26.8. The van der Waals surface area contributed by atoms with Crippen molar-refractivity contribution in [3.8, 4) is 0 Å². The highest BCUT2D eigenvalue weighted by Gasteiger charge is 2.19. The van der Waals surface area contributed by atoms with Crippen LogP contribution < -0.4 is 0 Å². The summed E-state index contributed by atoms with van der Waals surface area (Å²) in [6, 6.07) is 14.0. The van der Waals surface area contributed by atoms with E-state index in [0.717, 1.165) is 16.5 Å². The molecule has 3 aromatic rings. The number of carbonyl (C=O) groups is 2. The Morgan fingerprint density at radius 3 is 2.42 bits per heavy atom. The lowest BCUT2D eigenvalue weighted by Gasteiger charge is -2.09. The number of nitrogens with one attached hydrogen (secondary N) is 1. The number of aromatic nitrogens is 1. The molecule has 0 unspecified atom stereocenters. The van der Waals surface area contributed by atoms with E-state index in [1.54, 1.807) is 30.5 Å². The molecule has 0 aliphatic heterocycles. The summed E-state index contributed by atoms with van der Waals surface area (Å²) in [5, 5.41) is 10.3. The zero-order chi connectivity index (χ0) is 17.1. The zero-order valence-electron chi connectivity index (χ0n) is 12.9. The number of carbonyl (C=O) groups excluding carboxylic acids is 1. The Morgan fingerprint density at radius 2 is 1.71 bits per heavy atom. The second-order valence-electron chi connectivity index (χ2n) is 5.19. The Morgan fingerprint density at radius 1 is 1.04 bits per heavy atom. The fourth-order valence-corrected chi connectivity index (χ4v) is 2.63. The van der Waals surface area contributed by atoms with Crippen LogP contribution >= 0.6 is 0 Å². The summed E-state index contributed by atoms with van der Waals surface area (Å²) < 4.78 is 4.85. The Hall–Kier alpha value is -3.34. The van der Waals surface area contributed by atoms with Crippen LogP contribution in [0.3, 0.4) is 0 Å². The molecule has 2 N–H and O–H groups in total. The summed E-state index contributed by atoms with van der Waals surface area (Å²) in [5.41, 5.74) is 2.28. The molecular weight excluding hydrogens is 306 g/mol. The third-order valence-corrected chi connectivity index (χ3v) is 3.77. The SMILES string of the molecule is COC(=O)/C(=C\c1c[nH]c2ccccc12)c1ccccc1C(=O)O. The van der Waals surface area contributed by atoms with Crippen LogP contribution in [0.15, 0.2) is 54.7 Å². The van der Waals surface area contributed by atoms with Gasteiger partial charge in [-0.1, -0.05) is 36.4 Å². The highest BCUT2D eigenvalue weighted by Crippen LogP contribution is 2.27. The van der Waals surface area contributed by atoms with Gasteiger partial charge < -0.3 is 14.8 Å². The molecule has 0 bridgehead atoms. The van der Waals surface area contributed by atoms with Gasteiger partial charge in [0.2, 0.25) is 0 Å². The number of aromatic amines is 1. The summed E-state index contributed by atoms with van der Waals surface area (Å²) >= 11 is 0. The number of fused-ring (bicyclic) bond motifs is 1. The van der Waals surface area contributed by atoms with E-state index >= 15 is 0 Å². The van der Waals surface area contributed by atoms with Crippen molar-refractivity contribution in [2.45, 2.75) is 0 Å². The van der Waals surface area contributed by atoms with Crippen molar-refractivity contribution in [3.05, 3.63) is 71.4 Å². The minimum Gasteiger partial charge on any atom is -0.478 e. The molecule has 0 spiro atoms. The predicted molar refractivity (Wildman–Crippen MR) is 91.6 cm³/mol. The molecule has 0 aliphatic rings. The second-order valence-corrected chi connectivity index (χ2v) is 5.19. The first-order valence-corrected chi connectivity index (χ1v) is 7.30. The number of H-pyrrole nitrogens is 1. The molecule has 0 atom stereocenters. The monoisotopic (exact) mass is 321 g/mol. The van der Waals surface area contributed by atoms with Gasteiger partial charge in [-0.3, -0.25) is 0 Å². The van der Waals surface area contributed by atoms with Crippen molar-refractivity contribution in [1.82, 2.24) is 4.98 Å². The van der Waals surface area contributed by atoms with Crippen molar-refractivity contribution >= 4 is 34.5 Å². The molecule has 2 aromatic carbocycles. The molecule has 120 valence electrons. The molecule has 0 aliphatic carbocycles. The van der Waals surface area contributed by atoms with Gasteiger partial charge in [-0.15, -0.1) is 0 Å². The molecule has 0 saturated heterocycles. The van der Waals surface area contributed by atoms with Crippen LogP contribution in [-0.4, -0.2) is 29.1 Å². The number of para-hydroxylation sites is 1. The van der Waals surface area contributed by atoms with Crippen LogP contribution in [-0.2, 0) is 9.53 Å². The Labute approximate surface area is 138 Å². The Balaban J connectivity index is 2.21. The third kappa shape index (κ3) is 2.79. The van der Waals surface area contributed by atoms with E-state index in [2.05, 4.69) is 4.98 Å². The number of hydrogen-bond acceptors (Lipinski definition) is 3. The van der Waals surface area contributed by atoms with Gasteiger partial charge in [0.15, 0.2) is 0 Å². The largest absolute Gasteiger partial charge is 0.478 e. The van der Waals surface area contributed by atoms with Gasteiger partial charge in [-0.25, -0.2) is 9.59 Å². The number of aromatic carboxylic acids is 1. The van der Waals surface area contributed by atoms with Crippen molar-refractivity contribution in [2.75, 3.05) is 7.11 Å². The van der Waals surface area contributed by atoms with E-state index in [-0.39, 0.29) is 11.1 Å². The smallest absolute Gasteiger partial charge is 0.338 e. The van der Waals surface area contributed by atoms with E-state index in [0.29, 0.717) is 5.56 Å². The maximum Gasteiger partial charge on any atom is 0.338 e. The van der Waals surface area contributed by atoms with Crippen LogP contribution in [0.4, 0.5) is 0 Å². The van der Waals surface area contributed by atoms with Crippen LogP contribution in [0, 0.1) is 0 Å². The van der Waals surface area contributed by atoms with Gasteiger partial charge in [0.25, 0.3) is 0 Å². The minimum absolute atomic E-state index is 0.0500. The van der Waals surface area contributed by atoms with Crippen LogP contribution in [0.2, 0.25) is 0 Å². The second kappa shape index (κ2) is 6.42. The van der Waals surface area contributed by atoms with Crippen molar-refractivity contribution < 1.29 is 19.4 Å². The lowest BCUT2D eigenvalue weighted by atomic mass is 9.97. The van der Waals surface area contributed by atoms with Gasteiger partial charge in [0, 0.05) is 28.2 Å². The number of benzene rings is 2. The minimum atomic E-state index is -1.10. The van der Waals surface area contributed by atoms with Gasteiger partial charge >= 0.3 is 11.9 Å². The van der Waals surface area contributed by atoms with Crippen LogP contribution in [0.25, 0.3) is 22.6 Å². The Bertz CT molecular complexity index is 953. The van der Waals surface area contributed by atoms with Crippen molar-refractivity contribution in [3.63, 3.8) is 0 Å². The number of carboxylic acids is 1. The summed E-state index contributed by atoms with van der Waals surface area (Å²) in [6.07, 6.45) is 3.42. The molecule has 0 radical (unpaired) electrons. The molecule has 0 amide bonds. The first-order valence-electron chi connectivity index (χ1n) is 7.30. The zero-order valence-corrected chi connectivity index (χ0v) is 12.9. The maximum atomic E-state index is 12.3. The summed E-state index contributed by atoms with van der Waals surface area (Å²) in [5.74, 6) is -1.69. The molecule has 0 saturated carbocycles. The Kier molecular flexibility index (Phi) is 4.16. The molecule has 5 nitrogen and oxygen atoms in total. The standard InChI is InChI=1S/C19H15NO4/c1-24-19(23)16(14-7-2-3-8-15(14)18(21)22)10-12-11-20-17-9-5-4-6-13(12)17/h2-11,20H,1H3,(H,21,22)/b16-10-. The van der Waals surface area contributed by atoms with Gasteiger partial charge in [0.05, 0.1) is 18.2 Å². The van der Waals surface area contributed by atoms with Crippen LogP contribution in [0.1, 0.15) is 21.5 Å². The van der Waals surface area contributed by atoms with Crippen molar-refractivity contribution in [1.29, 1.82) is 0 Å². The fourth-order valence-electron chi connectivity index (χ4n) is 2.63. The molecule has 24 heavy (non-hydrogen) atoms. The summed E-state index contributed by atoms with van der Waals surface area (Å²) in [7, 11) is 1.27. The van der Waals surface area contributed by atoms with E-state index in [1.807, 2.05) is 24.3 Å². The lowest BCUT2D eigenvalue weighted by molar-refractivity contribution is -0.133. The number of esters is 1. The van der Waals surface area contributed by atoms with Gasteiger partial charge in [0.1, 0.15) is 0 Å². The fraction of sp³-hybridized carbons (Fsp3) is 0.0526. The van der Waals surface area contributed by atoms with E-state index in [9.17, 15) is 14.7 Å². The quantitative estimate of drug-likeness (QED) is 0.568. The van der Waals surface area contributed by atoms with Gasteiger partial charge in [-0.05, 0) is 18.2 Å². The van der Waals surface area contributed by atoms with Crippen LogP contribution in [0.5, 0.6) is 0 Å². The van der Waals surface area contributed by atoms with E-state index < -0.39 is 11.9 Å². The van der Waals surface area contributed by atoms with E-state index in [1.165, 1.54) is 13.2 Å². The molecule has 0 fully saturated rings. The average molecular weight is 321 g/mol. The van der Waals surface area contributed by atoms with E-state index in [4.69, 9.17) is 4.74 Å². The molecule has 1 aromatic heterocycles. The normalized spacial score (nSPS) is 11.5. The summed E-state index contributed by atoms with van der Waals surface area (Å²) in [6.45, 7) is 0. The third-order valence-electron chi connectivity index (χ3n) is 3.77. The number of rotatable bonds is 4. The molecular formula is C19H15NO4. The maximum absolute atomic E-state index is 12.3. The molecule has 1 heterocycles. The molecule has 5 heteroatoms. The number of ether oxygens (including phenoxy) is 1. The first-order chi connectivity index (χ1) is 11.6. The van der Waals surface area contributed by atoms with Gasteiger partial charge in [-0.2, -0.15) is 0 Å². The highest BCUT2D eigenvalue weighted by molar-refractivity contribution is 6.24. The number of methoxy groups -OCH3 is 1.